The van der Waals surface area contributed by atoms with Crippen LogP contribution in [0.1, 0.15) is 35.7 Å². The maximum absolute atomic E-state index is 13.3. The Morgan fingerprint density at radius 1 is 1.45 bits per heavy atom. The lowest BCUT2D eigenvalue weighted by Crippen LogP contribution is -2.38. The molecule has 0 unspecified atom stereocenters. The van der Waals surface area contributed by atoms with Crippen molar-refractivity contribution in [3.8, 4) is 5.75 Å². The van der Waals surface area contributed by atoms with Crippen LogP contribution in [0.2, 0.25) is 5.82 Å². The summed E-state index contributed by atoms with van der Waals surface area (Å²) in [7, 11) is -1.50. The molecule has 0 spiro atoms. The highest BCUT2D eigenvalue weighted by Gasteiger charge is 2.43. The van der Waals surface area contributed by atoms with E-state index in [0.29, 0.717) is 5.56 Å². The minimum Gasteiger partial charge on any atom is -0.535 e. The Bertz CT molecular complexity index is 605. The highest BCUT2D eigenvalue weighted by molar-refractivity contribution is 6.47. The van der Waals surface area contributed by atoms with Crippen molar-refractivity contribution < 1.29 is 33.2 Å². The van der Waals surface area contributed by atoms with Crippen LogP contribution in [0.15, 0.2) is 18.2 Å². The van der Waals surface area contributed by atoms with Gasteiger partial charge in [0.1, 0.15) is 5.75 Å². The molecule has 0 fully saturated rings. The van der Waals surface area contributed by atoms with Gasteiger partial charge in [0.2, 0.25) is 5.78 Å². The van der Waals surface area contributed by atoms with Gasteiger partial charge in [0.15, 0.2) is 0 Å². The Hall–Kier alpha value is -1.96. The van der Waals surface area contributed by atoms with Gasteiger partial charge in [0.25, 0.3) is 0 Å². The van der Waals surface area contributed by atoms with Crippen molar-refractivity contribution in [3.05, 3.63) is 29.3 Å². The number of rotatable bonds is 5. The van der Waals surface area contributed by atoms with E-state index in [2.05, 4.69) is 0 Å². The molecule has 0 aliphatic carbocycles. The molecule has 1 aliphatic heterocycles. The smallest absolute Gasteiger partial charge is 0.526 e. The number of ketones is 1. The monoisotopic (exact) mass is 312 g/mol. The van der Waals surface area contributed by atoms with Crippen LogP contribution >= 0.6 is 0 Å². The Labute approximate surface area is 126 Å². The van der Waals surface area contributed by atoms with Crippen molar-refractivity contribution in [3.63, 3.8) is 0 Å². The number of carboxylic acid groups (broad SMARTS) is 1. The number of carbonyl (C=O) groups is 2. The SMILES string of the molecule is CCC(F)(F)C(=O)C[C@H]1Cc2cccc(C(=O)O)c2OB1O. The first-order chi connectivity index (χ1) is 10.3. The highest BCUT2D eigenvalue weighted by Crippen LogP contribution is 2.37. The summed E-state index contributed by atoms with van der Waals surface area (Å²) in [6.07, 6.45) is -1.03. The molecular formula is C14H15BF2O5. The van der Waals surface area contributed by atoms with Crippen LogP contribution in [-0.2, 0) is 11.2 Å². The fourth-order valence-electron chi connectivity index (χ4n) is 2.41. The molecule has 1 heterocycles. The van der Waals surface area contributed by atoms with Gasteiger partial charge in [0.05, 0.1) is 5.56 Å². The van der Waals surface area contributed by atoms with Crippen LogP contribution in [0.3, 0.4) is 0 Å². The molecule has 2 rings (SSSR count). The molecule has 1 aliphatic rings. The van der Waals surface area contributed by atoms with Gasteiger partial charge in [-0.15, -0.1) is 0 Å². The average Bonchev–Trinajstić information content (AvgIpc) is 2.47. The minimum absolute atomic E-state index is 0.0217. The van der Waals surface area contributed by atoms with E-state index in [-0.39, 0.29) is 17.7 Å². The predicted octanol–water partition coefficient (Wildman–Crippen LogP) is 2.17. The summed E-state index contributed by atoms with van der Waals surface area (Å²) in [5, 5.41) is 19.0. The number of fused-ring (bicyclic) bond motifs is 1. The van der Waals surface area contributed by atoms with E-state index >= 15 is 0 Å². The standard InChI is InChI=1S/C14H15BF2O5/c1-2-14(16,17)11(18)7-9-6-8-4-3-5-10(13(19)20)12(8)22-15(9)21/h3-5,9,21H,2,6-7H2,1H3,(H,19,20)/t9-/m1/s1. The molecule has 8 heteroatoms. The number of carbonyl (C=O) groups excluding carboxylic acids is 1. The summed E-state index contributed by atoms with van der Waals surface area (Å²) >= 11 is 0. The Morgan fingerprint density at radius 3 is 2.73 bits per heavy atom. The molecule has 0 radical (unpaired) electrons. The number of alkyl halides is 2. The fourth-order valence-corrected chi connectivity index (χ4v) is 2.41. The van der Waals surface area contributed by atoms with Crippen molar-refractivity contribution in [2.75, 3.05) is 0 Å². The Balaban J connectivity index is 2.21. The Kier molecular flexibility index (Phi) is 4.51. The van der Waals surface area contributed by atoms with Gasteiger partial charge in [0, 0.05) is 18.7 Å². The second kappa shape index (κ2) is 6.04. The number of Topliss-reactive ketones (excluding diaryl/α,β-unsaturated/α-hetero) is 1. The van der Waals surface area contributed by atoms with Crippen molar-refractivity contribution in [1.82, 2.24) is 0 Å². The third kappa shape index (κ3) is 3.11. The molecule has 1 atom stereocenters. The van der Waals surface area contributed by atoms with Gasteiger partial charge < -0.3 is 14.8 Å². The second-order valence-corrected chi connectivity index (χ2v) is 5.26. The van der Waals surface area contributed by atoms with Gasteiger partial charge in [-0.1, -0.05) is 19.1 Å². The number of carboxylic acids is 1. The average molecular weight is 312 g/mol. The van der Waals surface area contributed by atoms with Crippen molar-refractivity contribution in [2.45, 2.75) is 37.9 Å². The van der Waals surface area contributed by atoms with E-state index in [4.69, 9.17) is 9.76 Å². The summed E-state index contributed by atoms with van der Waals surface area (Å²) in [5.74, 6) is -6.70. The number of hydrogen-bond acceptors (Lipinski definition) is 4. The van der Waals surface area contributed by atoms with Crippen LogP contribution in [0.4, 0.5) is 8.78 Å². The zero-order valence-corrected chi connectivity index (χ0v) is 11.9. The van der Waals surface area contributed by atoms with E-state index in [1.807, 2.05) is 0 Å². The first-order valence-electron chi connectivity index (χ1n) is 6.87. The zero-order chi connectivity index (χ0) is 16.5. The first-order valence-corrected chi connectivity index (χ1v) is 6.87. The lowest BCUT2D eigenvalue weighted by atomic mass is 9.64. The van der Waals surface area contributed by atoms with E-state index in [9.17, 15) is 23.4 Å². The molecule has 0 bridgehead atoms. The zero-order valence-electron chi connectivity index (χ0n) is 11.9. The third-order valence-corrected chi connectivity index (χ3v) is 3.75. The third-order valence-electron chi connectivity index (χ3n) is 3.75. The topological polar surface area (TPSA) is 83.8 Å². The van der Waals surface area contributed by atoms with Gasteiger partial charge >= 0.3 is 19.0 Å². The van der Waals surface area contributed by atoms with Gasteiger partial charge in [-0.3, -0.25) is 4.79 Å². The molecule has 0 aromatic heterocycles. The fraction of sp³-hybridized carbons (Fsp3) is 0.429. The first kappa shape index (κ1) is 16.4. The molecule has 1 aromatic carbocycles. The molecule has 0 amide bonds. The van der Waals surface area contributed by atoms with Gasteiger partial charge in [-0.25, -0.2) is 4.79 Å². The lowest BCUT2D eigenvalue weighted by Gasteiger charge is -2.28. The number of halogens is 2. The number of benzene rings is 1. The normalized spacial score (nSPS) is 17.6. The number of hydrogen-bond donors (Lipinski definition) is 2. The summed E-state index contributed by atoms with van der Waals surface area (Å²) < 4.78 is 31.9. The molecule has 0 saturated heterocycles. The summed E-state index contributed by atoms with van der Waals surface area (Å²) in [6.45, 7) is 1.21. The van der Waals surface area contributed by atoms with Gasteiger partial charge in [-0.2, -0.15) is 8.78 Å². The number of para-hydroxylation sites is 1. The van der Waals surface area contributed by atoms with Crippen molar-refractivity contribution in [1.29, 1.82) is 0 Å². The van der Waals surface area contributed by atoms with Crippen LogP contribution < -0.4 is 4.65 Å². The van der Waals surface area contributed by atoms with Crippen molar-refractivity contribution >= 4 is 18.9 Å². The molecule has 2 N–H and O–H groups in total. The molecule has 118 valence electrons. The van der Waals surface area contributed by atoms with Gasteiger partial charge in [-0.05, 0) is 18.1 Å². The minimum atomic E-state index is -3.43. The maximum Gasteiger partial charge on any atom is 0.526 e. The molecule has 5 nitrogen and oxygen atoms in total. The maximum atomic E-state index is 13.3. The highest BCUT2D eigenvalue weighted by atomic mass is 19.3. The molecule has 0 saturated carbocycles. The van der Waals surface area contributed by atoms with Crippen LogP contribution in [0.5, 0.6) is 5.75 Å². The van der Waals surface area contributed by atoms with Crippen LogP contribution in [0.25, 0.3) is 0 Å². The molecular weight excluding hydrogens is 297 g/mol. The van der Waals surface area contributed by atoms with E-state index in [1.165, 1.54) is 19.1 Å². The summed E-state index contributed by atoms with van der Waals surface area (Å²) in [5.41, 5.74) is 0.364. The van der Waals surface area contributed by atoms with E-state index in [0.717, 1.165) is 0 Å². The Morgan fingerprint density at radius 2 is 2.14 bits per heavy atom. The van der Waals surface area contributed by atoms with Crippen molar-refractivity contribution in [2.24, 2.45) is 0 Å². The second-order valence-electron chi connectivity index (χ2n) is 5.26. The largest absolute Gasteiger partial charge is 0.535 e. The molecule has 1 aromatic rings. The quantitative estimate of drug-likeness (QED) is 0.814. The van der Waals surface area contributed by atoms with Crippen LogP contribution in [-0.4, -0.2) is 34.9 Å². The summed E-state index contributed by atoms with van der Waals surface area (Å²) in [4.78, 5) is 22.7. The lowest BCUT2D eigenvalue weighted by molar-refractivity contribution is -0.143. The van der Waals surface area contributed by atoms with E-state index in [1.54, 1.807) is 6.07 Å². The summed E-state index contributed by atoms with van der Waals surface area (Å²) in [6, 6.07) is 4.41. The van der Waals surface area contributed by atoms with Crippen LogP contribution in [0, 0.1) is 0 Å². The molecule has 22 heavy (non-hydrogen) atoms. The number of aromatic carboxylic acids is 1. The van der Waals surface area contributed by atoms with E-state index < -0.39 is 43.5 Å². The predicted molar refractivity (Wildman–Crippen MR) is 74.3 cm³/mol.